The van der Waals surface area contributed by atoms with Gasteiger partial charge in [0.25, 0.3) is 0 Å². The fourth-order valence-corrected chi connectivity index (χ4v) is 2.60. The number of carbonyl (C=O) groups excluding carboxylic acids is 1. The topological polar surface area (TPSA) is 55.6 Å². The average Bonchev–Trinajstić information content (AvgIpc) is 2.46. The maximum absolute atomic E-state index is 12.2. The summed E-state index contributed by atoms with van der Waals surface area (Å²) in [5.41, 5.74) is 5.62. The highest BCUT2D eigenvalue weighted by molar-refractivity contribution is 5.71. The number of nitrogens with zero attached hydrogens (tertiary/aromatic N) is 1. The molecule has 0 aliphatic heterocycles. The van der Waals surface area contributed by atoms with Gasteiger partial charge in [0.15, 0.2) is 0 Å². The van der Waals surface area contributed by atoms with Crippen LogP contribution < -0.4 is 10.5 Å². The molecule has 0 saturated heterocycles. The van der Waals surface area contributed by atoms with Gasteiger partial charge in [-0.25, -0.2) is 4.79 Å². The summed E-state index contributed by atoms with van der Waals surface area (Å²) in [6.45, 7) is 1.04. The van der Waals surface area contributed by atoms with Gasteiger partial charge in [-0.05, 0) is 25.0 Å². The van der Waals surface area contributed by atoms with Crippen molar-refractivity contribution in [1.29, 1.82) is 0 Å². The molecule has 2 N–H and O–H groups in total. The molecule has 104 valence electrons. The molecule has 19 heavy (non-hydrogen) atoms. The van der Waals surface area contributed by atoms with Crippen LogP contribution in [0.2, 0.25) is 0 Å². The number of hydrogen-bond acceptors (Lipinski definition) is 3. The normalized spacial score (nSPS) is 16.1. The predicted octanol–water partition coefficient (Wildman–Crippen LogP) is 2.78. The van der Waals surface area contributed by atoms with Crippen molar-refractivity contribution in [2.75, 3.05) is 13.1 Å². The monoisotopic (exact) mass is 262 g/mol. The zero-order chi connectivity index (χ0) is 13.5. The number of benzene rings is 1. The first-order chi connectivity index (χ1) is 9.31. The maximum Gasteiger partial charge on any atom is 0.415 e. The van der Waals surface area contributed by atoms with E-state index in [9.17, 15) is 4.79 Å². The summed E-state index contributed by atoms with van der Waals surface area (Å²) in [5.74, 6) is 0.588. The van der Waals surface area contributed by atoms with Crippen LogP contribution in [0.15, 0.2) is 30.3 Å². The summed E-state index contributed by atoms with van der Waals surface area (Å²) in [6.07, 6.45) is 5.48. The van der Waals surface area contributed by atoms with Gasteiger partial charge in [0.05, 0.1) is 0 Å². The third kappa shape index (κ3) is 3.96. The third-order valence-electron chi connectivity index (χ3n) is 3.57. The van der Waals surface area contributed by atoms with Gasteiger partial charge in [0, 0.05) is 19.1 Å². The Balaban J connectivity index is 1.99. The molecule has 4 nitrogen and oxygen atoms in total. The van der Waals surface area contributed by atoms with Gasteiger partial charge in [-0.1, -0.05) is 37.5 Å². The molecule has 0 radical (unpaired) electrons. The maximum atomic E-state index is 12.2. The van der Waals surface area contributed by atoms with Crippen LogP contribution in [-0.2, 0) is 0 Å². The quantitative estimate of drug-likeness (QED) is 0.907. The zero-order valence-electron chi connectivity index (χ0n) is 11.3. The lowest BCUT2D eigenvalue weighted by Gasteiger charge is -2.33. The molecule has 0 spiro atoms. The van der Waals surface area contributed by atoms with Crippen LogP contribution in [0.1, 0.15) is 32.1 Å². The number of rotatable bonds is 4. The van der Waals surface area contributed by atoms with Crippen molar-refractivity contribution in [3.63, 3.8) is 0 Å². The van der Waals surface area contributed by atoms with E-state index in [2.05, 4.69) is 0 Å². The van der Waals surface area contributed by atoms with E-state index < -0.39 is 0 Å². The average molecular weight is 262 g/mol. The van der Waals surface area contributed by atoms with Crippen LogP contribution in [0.4, 0.5) is 4.79 Å². The Kier molecular flexibility index (Phi) is 5.21. The van der Waals surface area contributed by atoms with Gasteiger partial charge in [0.2, 0.25) is 0 Å². The molecule has 1 aromatic rings. The Morgan fingerprint density at radius 3 is 2.53 bits per heavy atom. The van der Waals surface area contributed by atoms with Crippen LogP contribution in [0, 0.1) is 0 Å². The van der Waals surface area contributed by atoms with Gasteiger partial charge in [-0.15, -0.1) is 0 Å². The first-order valence-corrected chi connectivity index (χ1v) is 7.05. The fourth-order valence-electron chi connectivity index (χ4n) is 2.60. The Morgan fingerprint density at radius 2 is 1.89 bits per heavy atom. The minimum atomic E-state index is -0.274. The Bertz CT molecular complexity index is 388. The molecule has 0 heterocycles. The van der Waals surface area contributed by atoms with E-state index in [4.69, 9.17) is 10.5 Å². The Hall–Kier alpha value is -1.55. The van der Waals surface area contributed by atoms with Crippen molar-refractivity contribution >= 4 is 6.09 Å². The molecule has 1 aliphatic carbocycles. The molecular formula is C15H22N2O2. The third-order valence-corrected chi connectivity index (χ3v) is 3.57. The first kappa shape index (κ1) is 13.9. The van der Waals surface area contributed by atoms with Crippen molar-refractivity contribution in [2.45, 2.75) is 38.1 Å². The lowest BCUT2D eigenvalue weighted by molar-refractivity contribution is 0.119. The molecule has 1 aliphatic rings. The fraction of sp³-hybridized carbons (Fsp3) is 0.533. The predicted molar refractivity (Wildman–Crippen MR) is 75.1 cm³/mol. The number of para-hydroxylation sites is 1. The molecule has 0 bridgehead atoms. The summed E-state index contributed by atoms with van der Waals surface area (Å²) in [7, 11) is 0. The second-order valence-electron chi connectivity index (χ2n) is 4.95. The van der Waals surface area contributed by atoms with E-state index in [0.717, 1.165) is 12.8 Å². The Labute approximate surface area is 114 Å². The highest BCUT2D eigenvalue weighted by Crippen LogP contribution is 2.23. The first-order valence-electron chi connectivity index (χ1n) is 7.05. The van der Waals surface area contributed by atoms with Crippen molar-refractivity contribution in [3.05, 3.63) is 30.3 Å². The largest absolute Gasteiger partial charge is 0.415 e. The van der Waals surface area contributed by atoms with Gasteiger partial charge in [-0.2, -0.15) is 0 Å². The van der Waals surface area contributed by atoms with Gasteiger partial charge in [-0.3, -0.25) is 0 Å². The smallest absolute Gasteiger partial charge is 0.410 e. The molecule has 1 saturated carbocycles. The SMILES string of the molecule is NCCN(C(=O)Oc1ccccc1)C1CCCCC1. The summed E-state index contributed by atoms with van der Waals surface area (Å²) in [6, 6.07) is 9.48. The Morgan fingerprint density at radius 1 is 1.21 bits per heavy atom. The minimum Gasteiger partial charge on any atom is -0.410 e. The van der Waals surface area contributed by atoms with Gasteiger partial charge >= 0.3 is 6.09 Å². The standard InChI is InChI=1S/C15H22N2O2/c16-11-12-17(13-7-3-1-4-8-13)15(18)19-14-9-5-2-6-10-14/h2,5-6,9-10,13H,1,3-4,7-8,11-12,16H2. The summed E-state index contributed by atoms with van der Waals surface area (Å²) < 4.78 is 5.41. The summed E-state index contributed by atoms with van der Waals surface area (Å²) >= 11 is 0. The second kappa shape index (κ2) is 7.14. The molecule has 1 amide bonds. The van der Waals surface area contributed by atoms with Crippen LogP contribution in [0.3, 0.4) is 0 Å². The molecule has 0 atom stereocenters. The van der Waals surface area contributed by atoms with Gasteiger partial charge in [0.1, 0.15) is 5.75 Å². The van der Waals surface area contributed by atoms with E-state index in [1.165, 1.54) is 19.3 Å². The number of nitrogens with two attached hydrogens (primary N) is 1. The van der Waals surface area contributed by atoms with E-state index in [1.807, 2.05) is 18.2 Å². The molecule has 0 unspecified atom stereocenters. The summed E-state index contributed by atoms with van der Waals surface area (Å²) in [5, 5.41) is 0. The van der Waals surface area contributed by atoms with Crippen LogP contribution >= 0.6 is 0 Å². The molecule has 2 rings (SSSR count). The molecule has 0 aromatic heterocycles. The highest BCUT2D eigenvalue weighted by Gasteiger charge is 2.26. The minimum absolute atomic E-state index is 0.274. The highest BCUT2D eigenvalue weighted by atomic mass is 16.6. The van der Waals surface area contributed by atoms with E-state index in [-0.39, 0.29) is 12.1 Å². The van der Waals surface area contributed by atoms with Gasteiger partial charge < -0.3 is 15.4 Å². The number of amides is 1. The second-order valence-corrected chi connectivity index (χ2v) is 4.95. The van der Waals surface area contributed by atoms with E-state index >= 15 is 0 Å². The molecular weight excluding hydrogens is 240 g/mol. The zero-order valence-corrected chi connectivity index (χ0v) is 11.3. The van der Waals surface area contributed by atoms with Crippen LogP contribution in [0.5, 0.6) is 5.75 Å². The lowest BCUT2D eigenvalue weighted by Crippen LogP contribution is -2.45. The lowest BCUT2D eigenvalue weighted by atomic mass is 9.94. The molecule has 4 heteroatoms. The number of carbonyl (C=O) groups is 1. The summed E-state index contributed by atoms with van der Waals surface area (Å²) in [4.78, 5) is 14.0. The molecule has 1 fully saturated rings. The van der Waals surface area contributed by atoms with E-state index in [1.54, 1.807) is 17.0 Å². The molecule has 1 aromatic carbocycles. The van der Waals surface area contributed by atoms with Crippen molar-refractivity contribution < 1.29 is 9.53 Å². The number of ether oxygens (including phenoxy) is 1. The number of hydrogen-bond donors (Lipinski definition) is 1. The van der Waals surface area contributed by atoms with Crippen molar-refractivity contribution in [1.82, 2.24) is 4.90 Å². The van der Waals surface area contributed by atoms with Crippen molar-refractivity contribution in [3.8, 4) is 5.75 Å². The van der Waals surface area contributed by atoms with Crippen LogP contribution in [0.25, 0.3) is 0 Å². The van der Waals surface area contributed by atoms with Crippen molar-refractivity contribution in [2.24, 2.45) is 5.73 Å². The van der Waals surface area contributed by atoms with Crippen LogP contribution in [-0.4, -0.2) is 30.1 Å². The van der Waals surface area contributed by atoms with E-state index in [0.29, 0.717) is 18.8 Å².